The topological polar surface area (TPSA) is 53.1 Å². The van der Waals surface area contributed by atoms with E-state index >= 15 is 0 Å². The predicted octanol–water partition coefficient (Wildman–Crippen LogP) is 3.08. The number of hydrogen-bond donors (Lipinski definition) is 1. The van der Waals surface area contributed by atoms with Gasteiger partial charge in [0.1, 0.15) is 11.6 Å². The Bertz CT molecular complexity index is 546. The standard InChI is InChI=1S/C15H23N3O/c1-4-5-8-18-14-7-6-12(19-11(2)3)9-13(14)17-15(18)10-16/h6-7,9,11H,4-5,8,10,16H2,1-3H3. The van der Waals surface area contributed by atoms with Crippen molar-refractivity contribution in [3.8, 4) is 5.75 Å². The van der Waals surface area contributed by atoms with E-state index in [1.165, 1.54) is 0 Å². The number of imidazole rings is 1. The third-order valence-corrected chi connectivity index (χ3v) is 3.09. The first-order chi connectivity index (χ1) is 9.15. The van der Waals surface area contributed by atoms with Crippen molar-refractivity contribution >= 4 is 11.0 Å². The van der Waals surface area contributed by atoms with Crippen LogP contribution < -0.4 is 10.5 Å². The summed E-state index contributed by atoms with van der Waals surface area (Å²) in [6.45, 7) is 7.68. The number of hydrogen-bond acceptors (Lipinski definition) is 3. The fourth-order valence-electron chi connectivity index (χ4n) is 2.23. The van der Waals surface area contributed by atoms with Crippen molar-refractivity contribution in [2.45, 2.75) is 52.8 Å². The lowest BCUT2D eigenvalue weighted by molar-refractivity contribution is 0.242. The molecular weight excluding hydrogens is 238 g/mol. The van der Waals surface area contributed by atoms with Crippen molar-refractivity contribution in [1.29, 1.82) is 0 Å². The van der Waals surface area contributed by atoms with Gasteiger partial charge in [-0.2, -0.15) is 0 Å². The fraction of sp³-hybridized carbons (Fsp3) is 0.533. The first-order valence-corrected chi connectivity index (χ1v) is 7.01. The molecule has 0 unspecified atom stereocenters. The Hall–Kier alpha value is -1.55. The second-order valence-electron chi connectivity index (χ2n) is 5.05. The van der Waals surface area contributed by atoms with E-state index in [0.717, 1.165) is 42.0 Å². The molecule has 0 amide bonds. The van der Waals surface area contributed by atoms with E-state index in [0.29, 0.717) is 6.54 Å². The van der Waals surface area contributed by atoms with Crippen LogP contribution in [-0.2, 0) is 13.1 Å². The van der Waals surface area contributed by atoms with E-state index in [1.54, 1.807) is 0 Å². The molecular formula is C15H23N3O. The van der Waals surface area contributed by atoms with Crippen LogP contribution in [0.25, 0.3) is 11.0 Å². The Morgan fingerprint density at radius 2 is 2.16 bits per heavy atom. The van der Waals surface area contributed by atoms with Crippen LogP contribution in [0.15, 0.2) is 18.2 Å². The summed E-state index contributed by atoms with van der Waals surface area (Å²) in [6, 6.07) is 6.08. The number of nitrogens with two attached hydrogens (primary N) is 1. The minimum Gasteiger partial charge on any atom is -0.491 e. The molecule has 1 aromatic carbocycles. The molecule has 4 nitrogen and oxygen atoms in total. The quantitative estimate of drug-likeness (QED) is 0.869. The lowest BCUT2D eigenvalue weighted by Crippen LogP contribution is -2.08. The third-order valence-electron chi connectivity index (χ3n) is 3.09. The van der Waals surface area contributed by atoms with E-state index < -0.39 is 0 Å². The number of nitrogens with zero attached hydrogens (tertiary/aromatic N) is 2. The second-order valence-corrected chi connectivity index (χ2v) is 5.05. The number of rotatable bonds is 6. The summed E-state index contributed by atoms with van der Waals surface area (Å²) in [4.78, 5) is 4.61. The van der Waals surface area contributed by atoms with Gasteiger partial charge in [-0.1, -0.05) is 13.3 Å². The Morgan fingerprint density at radius 1 is 1.37 bits per heavy atom. The largest absolute Gasteiger partial charge is 0.491 e. The van der Waals surface area contributed by atoms with Crippen LogP contribution in [0.3, 0.4) is 0 Å². The maximum Gasteiger partial charge on any atom is 0.123 e. The maximum atomic E-state index is 5.79. The zero-order valence-electron chi connectivity index (χ0n) is 12.0. The molecule has 1 aromatic heterocycles. The van der Waals surface area contributed by atoms with Gasteiger partial charge in [-0.05, 0) is 32.4 Å². The molecule has 0 bridgehead atoms. The minimum atomic E-state index is 0.175. The van der Waals surface area contributed by atoms with Gasteiger partial charge in [0, 0.05) is 12.6 Å². The summed E-state index contributed by atoms with van der Waals surface area (Å²) in [5.41, 5.74) is 7.90. The molecule has 2 N–H and O–H groups in total. The fourth-order valence-corrected chi connectivity index (χ4v) is 2.23. The van der Waals surface area contributed by atoms with Crippen molar-refractivity contribution in [1.82, 2.24) is 9.55 Å². The molecule has 19 heavy (non-hydrogen) atoms. The molecule has 0 saturated heterocycles. The molecule has 0 atom stereocenters. The molecule has 0 aliphatic heterocycles. The Balaban J connectivity index is 2.39. The molecule has 0 radical (unpaired) electrons. The van der Waals surface area contributed by atoms with Gasteiger partial charge in [-0.3, -0.25) is 0 Å². The Labute approximate surface area is 114 Å². The van der Waals surface area contributed by atoms with Gasteiger partial charge in [0.15, 0.2) is 0 Å². The SMILES string of the molecule is CCCCn1c(CN)nc2cc(OC(C)C)ccc21. The highest BCUT2D eigenvalue weighted by Crippen LogP contribution is 2.23. The van der Waals surface area contributed by atoms with Crippen molar-refractivity contribution in [3.63, 3.8) is 0 Å². The third kappa shape index (κ3) is 3.07. The average molecular weight is 261 g/mol. The Morgan fingerprint density at radius 3 is 2.79 bits per heavy atom. The summed E-state index contributed by atoms with van der Waals surface area (Å²) >= 11 is 0. The Kier molecular flexibility index (Phi) is 4.43. The van der Waals surface area contributed by atoms with Gasteiger partial charge < -0.3 is 15.0 Å². The summed E-state index contributed by atoms with van der Waals surface area (Å²) in [6.07, 6.45) is 2.48. The first kappa shape index (κ1) is 13.9. The normalized spacial score (nSPS) is 11.4. The minimum absolute atomic E-state index is 0.175. The summed E-state index contributed by atoms with van der Waals surface area (Å²) in [5.74, 6) is 1.82. The lowest BCUT2D eigenvalue weighted by atomic mass is 10.2. The molecule has 2 aromatic rings. The molecule has 2 rings (SSSR count). The summed E-state index contributed by atoms with van der Waals surface area (Å²) in [5, 5.41) is 0. The van der Waals surface area contributed by atoms with Crippen molar-refractivity contribution in [3.05, 3.63) is 24.0 Å². The van der Waals surface area contributed by atoms with E-state index in [4.69, 9.17) is 10.5 Å². The molecule has 4 heteroatoms. The number of fused-ring (bicyclic) bond motifs is 1. The van der Waals surface area contributed by atoms with Crippen LogP contribution in [-0.4, -0.2) is 15.7 Å². The molecule has 0 spiro atoms. The maximum absolute atomic E-state index is 5.79. The number of aryl methyl sites for hydroxylation is 1. The van der Waals surface area contributed by atoms with Crippen LogP contribution in [0, 0.1) is 0 Å². The highest BCUT2D eigenvalue weighted by molar-refractivity contribution is 5.77. The van der Waals surface area contributed by atoms with Crippen molar-refractivity contribution in [2.75, 3.05) is 0 Å². The van der Waals surface area contributed by atoms with Gasteiger partial charge in [0.2, 0.25) is 0 Å². The molecule has 0 aliphatic rings. The van der Waals surface area contributed by atoms with Crippen LogP contribution in [0.1, 0.15) is 39.4 Å². The number of aromatic nitrogens is 2. The van der Waals surface area contributed by atoms with Crippen LogP contribution >= 0.6 is 0 Å². The molecule has 0 fully saturated rings. The predicted molar refractivity (Wildman–Crippen MR) is 78.3 cm³/mol. The van der Waals surface area contributed by atoms with Gasteiger partial charge in [0.25, 0.3) is 0 Å². The molecule has 1 heterocycles. The molecule has 0 saturated carbocycles. The van der Waals surface area contributed by atoms with E-state index in [-0.39, 0.29) is 6.10 Å². The van der Waals surface area contributed by atoms with Crippen molar-refractivity contribution in [2.24, 2.45) is 5.73 Å². The van der Waals surface area contributed by atoms with Gasteiger partial charge >= 0.3 is 0 Å². The van der Waals surface area contributed by atoms with Gasteiger partial charge in [0.05, 0.1) is 23.7 Å². The second kappa shape index (κ2) is 6.06. The number of benzene rings is 1. The van der Waals surface area contributed by atoms with E-state index in [2.05, 4.69) is 22.5 Å². The molecule has 104 valence electrons. The van der Waals surface area contributed by atoms with Gasteiger partial charge in [-0.25, -0.2) is 4.98 Å². The zero-order chi connectivity index (χ0) is 13.8. The zero-order valence-corrected chi connectivity index (χ0v) is 12.0. The van der Waals surface area contributed by atoms with Crippen LogP contribution in [0.2, 0.25) is 0 Å². The van der Waals surface area contributed by atoms with Crippen LogP contribution in [0.4, 0.5) is 0 Å². The average Bonchev–Trinajstić information content (AvgIpc) is 2.72. The van der Waals surface area contributed by atoms with Gasteiger partial charge in [-0.15, -0.1) is 0 Å². The van der Waals surface area contributed by atoms with Crippen molar-refractivity contribution < 1.29 is 4.74 Å². The highest BCUT2D eigenvalue weighted by atomic mass is 16.5. The number of ether oxygens (including phenoxy) is 1. The molecule has 0 aliphatic carbocycles. The highest BCUT2D eigenvalue weighted by Gasteiger charge is 2.10. The van der Waals surface area contributed by atoms with Crippen LogP contribution in [0.5, 0.6) is 5.75 Å². The van der Waals surface area contributed by atoms with E-state index in [1.807, 2.05) is 26.0 Å². The monoisotopic (exact) mass is 261 g/mol. The van der Waals surface area contributed by atoms with E-state index in [9.17, 15) is 0 Å². The first-order valence-electron chi connectivity index (χ1n) is 7.01. The lowest BCUT2D eigenvalue weighted by Gasteiger charge is -2.10. The summed E-state index contributed by atoms with van der Waals surface area (Å²) < 4.78 is 7.93. The summed E-state index contributed by atoms with van der Waals surface area (Å²) in [7, 11) is 0. The smallest absolute Gasteiger partial charge is 0.123 e. The number of unbranched alkanes of at least 4 members (excludes halogenated alkanes) is 1.